The van der Waals surface area contributed by atoms with E-state index in [0.29, 0.717) is 23.1 Å². The second kappa shape index (κ2) is 11.1. The predicted molar refractivity (Wildman–Crippen MR) is 151 cm³/mol. The smallest absolute Gasteiger partial charge is 0.247 e. The summed E-state index contributed by atoms with van der Waals surface area (Å²) in [6.45, 7) is 5.19. The number of fused-ring (bicyclic) bond motifs is 1. The number of amides is 1. The molecule has 2 aromatic heterocycles. The number of carbonyl (C=O) groups excluding carboxylic acids is 1. The summed E-state index contributed by atoms with van der Waals surface area (Å²) in [7, 11) is 9.66. The van der Waals surface area contributed by atoms with E-state index < -0.39 is 0 Å². The summed E-state index contributed by atoms with van der Waals surface area (Å²) in [5.41, 5.74) is 5.02. The average molecular weight is 500 g/mol. The molecular formula is C28H33N7O2. The fraction of sp³-hybridized carbons (Fsp3) is 0.250. The molecule has 37 heavy (non-hydrogen) atoms. The standard InChI is InChI=1S/C28H33N7O2/c1-7-27(36)30-22-17-23(26(37-6)18-25(22)35(5)15-14-33(2)3)32-28-29-12-10-21(31-28)19-8-9-24-20(16-19)11-13-34(24)4/h7-13,16-18H,1,14-15H2,2-6H3,(H,30,36)(H,29,31,32). The van der Waals surface area contributed by atoms with Crippen molar-refractivity contribution in [2.75, 3.05) is 56.9 Å². The summed E-state index contributed by atoms with van der Waals surface area (Å²) >= 11 is 0. The van der Waals surface area contributed by atoms with Crippen LogP contribution in [-0.2, 0) is 11.8 Å². The molecule has 192 valence electrons. The first-order valence-corrected chi connectivity index (χ1v) is 12.0. The van der Waals surface area contributed by atoms with Crippen molar-refractivity contribution in [3.63, 3.8) is 0 Å². The lowest BCUT2D eigenvalue weighted by atomic mass is 10.1. The van der Waals surface area contributed by atoms with Crippen LogP contribution in [-0.4, -0.2) is 66.7 Å². The molecule has 1 amide bonds. The fourth-order valence-corrected chi connectivity index (χ4v) is 4.05. The van der Waals surface area contributed by atoms with E-state index in [9.17, 15) is 4.79 Å². The first kappa shape index (κ1) is 25.7. The maximum Gasteiger partial charge on any atom is 0.247 e. The number of nitrogens with zero attached hydrogens (tertiary/aromatic N) is 5. The Balaban J connectivity index is 1.67. The number of ether oxygens (including phenoxy) is 1. The SMILES string of the molecule is C=CC(=O)Nc1cc(Nc2nccc(-c3ccc4c(ccn4C)c3)n2)c(OC)cc1N(C)CCN(C)C. The Morgan fingerprint density at radius 1 is 1.11 bits per heavy atom. The lowest BCUT2D eigenvalue weighted by molar-refractivity contribution is -0.111. The number of aryl methyl sites for hydroxylation is 1. The Kier molecular flexibility index (Phi) is 7.74. The highest BCUT2D eigenvalue weighted by Crippen LogP contribution is 2.38. The molecule has 0 aliphatic rings. The van der Waals surface area contributed by atoms with Crippen LogP contribution in [0.3, 0.4) is 0 Å². The van der Waals surface area contributed by atoms with Crippen LogP contribution >= 0.6 is 0 Å². The van der Waals surface area contributed by atoms with Gasteiger partial charge in [-0.15, -0.1) is 0 Å². The molecule has 9 nitrogen and oxygen atoms in total. The maximum atomic E-state index is 12.2. The molecule has 0 bridgehead atoms. The number of benzene rings is 2. The van der Waals surface area contributed by atoms with Gasteiger partial charge in [0.2, 0.25) is 11.9 Å². The lowest BCUT2D eigenvalue weighted by Gasteiger charge is -2.26. The van der Waals surface area contributed by atoms with Crippen LogP contribution in [0.2, 0.25) is 0 Å². The first-order valence-electron chi connectivity index (χ1n) is 12.0. The van der Waals surface area contributed by atoms with Gasteiger partial charge in [0, 0.05) is 62.1 Å². The van der Waals surface area contributed by atoms with E-state index in [-0.39, 0.29) is 5.91 Å². The molecular weight excluding hydrogens is 466 g/mol. The van der Waals surface area contributed by atoms with Crippen molar-refractivity contribution in [1.82, 2.24) is 19.4 Å². The van der Waals surface area contributed by atoms with Crippen molar-refractivity contribution in [3.8, 4) is 17.0 Å². The number of carbonyl (C=O) groups is 1. The van der Waals surface area contributed by atoms with E-state index in [2.05, 4.69) is 60.8 Å². The van der Waals surface area contributed by atoms with Gasteiger partial charge in [-0.1, -0.05) is 12.6 Å². The molecule has 0 saturated carbocycles. The first-order chi connectivity index (χ1) is 17.8. The van der Waals surface area contributed by atoms with Gasteiger partial charge >= 0.3 is 0 Å². The Morgan fingerprint density at radius 2 is 1.92 bits per heavy atom. The second-order valence-corrected chi connectivity index (χ2v) is 9.08. The summed E-state index contributed by atoms with van der Waals surface area (Å²) in [4.78, 5) is 25.5. The second-order valence-electron chi connectivity index (χ2n) is 9.08. The zero-order valence-corrected chi connectivity index (χ0v) is 21.9. The van der Waals surface area contributed by atoms with Gasteiger partial charge in [-0.05, 0) is 50.5 Å². The zero-order chi connectivity index (χ0) is 26.5. The third-order valence-electron chi connectivity index (χ3n) is 6.14. The maximum absolute atomic E-state index is 12.2. The molecule has 0 radical (unpaired) electrons. The fourth-order valence-electron chi connectivity index (χ4n) is 4.05. The number of nitrogens with one attached hydrogen (secondary N) is 2. The minimum Gasteiger partial charge on any atom is -0.494 e. The van der Waals surface area contributed by atoms with Gasteiger partial charge < -0.3 is 29.7 Å². The summed E-state index contributed by atoms with van der Waals surface area (Å²) in [5, 5.41) is 7.32. The van der Waals surface area contributed by atoms with E-state index in [0.717, 1.165) is 40.9 Å². The summed E-state index contributed by atoms with van der Waals surface area (Å²) in [5.74, 6) is 0.717. The number of methoxy groups -OCH3 is 1. The molecule has 0 atom stereocenters. The van der Waals surface area contributed by atoms with Crippen LogP contribution < -0.4 is 20.3 Å². The Labute approximate surface area is 217 Å². The van der Waals surface area contributed by atoms with E-state index in [1.165, 1.54) is 6.08 Å². The Bertz CT molecular complexity index is 1430. The number of anilines is 4. The number of rotatable bonds is 10. The van der Waals surface area contributed by atoms with Crippen molar-refractivity contribution in [2.45, 2.75) is 0 Å². The van der Waals surface area contributed by atoms with Crippen LogP contribution in [0.4, 0.5) is 23.0 Å². The van der Waals surface area contributed by atoms with Gasteiger partial charge in [0.15, 0.2) is 0 Å². The Hall–Kier alpha value is -4.37. The van der Waals surface area contributed by atoms with Crippen molar-refractivity contribution in [2.24, 2.45) is 7.05 Å². The average Bonchev–Trinajstić information content (AvgIpc) is 3.27. The highest BCUT2D eigenvalue weighted by atomic mass is 16.5. The number of likely N-dealkylation sites (N-methyl/N-ethyl adjacent to an activating group) is 2. The van der Waals surface area contributed by atoms with Crippen LogP contribution in [0, 0.1) is 0 Å². The van der Waals surface area contributed by atoms with Crippen LogP contribution in [0.25, 0.3) is 22.2 Å². The van der Waals surface area contributed by atoms with Gasteiger partial charge in [0.05, 0.1) is 29.9 Å². The van der Waals surface area contributed by atoms with Crippen LogP contribution in [0.5, 0.6) is 5.75 Å². The van der Waals surface area contributed by atoms with E-state index in [1.54, 1.807) is 13.3 Å². The minimum absolute atomic E-state index is 0.298. The largest absolute Gasteiger partial charge is 0.494 e. The van der Waals surface area contributed by atoms with Gasteiger partial charge in [0.1, 0.15) is 5.75 Å². The van der Waals surface area contributed by atoms with Crippen molar-refractivity contribution in [3.05, 3.63) is 67.5 Å². The molecule has 0 unspecified atom stereocenters. The molecule has 2 heterocycles. The van der Waals surface area contributed by atoms with E-state index >= 15 is 0 Å². The molecule has 9 heteroatoms. The monoisotopic (exact) mass is 499 g/mol. The third kappa shape index (κ3) is 5.90. The zero-order valence-electron chi connectivity index (χ0n) is 21.9. The number of hydrogen-bond acceptors (Lipinski definition) is 7. The molecule has 4 aromatic rings. The van der Waals surface area contributed by atoms with Crippen molar-refractivity contribution >= 4 is 39.8 Å². The molecule has 0 saturated heterocycles. The minimum atomic E-state index is -0.298. The topological polar surface area (TPSA) is 87.5 Å². The molecule has 0 aliphatic heterocycles. The molecule has 2 N–H and O–H groups in total. The van der Waals surface area contributed by atoms with Crippen molar-refractivity contribution in [1.29, 1.82) is 0 Å². The molecule has 2 aromatic carbocycles. The van der Waals surface area contributed by atoms with Crippen LogP contribution in [0.1, 0.15) is 0 Å². The lowest BCUT2D eigenvalue weighted by Crippen LogP contribution is -2.29. The molecule has 0 spiro atoms. The Morgan fingerprint density at radius 3 is 2.65 bits per heavy atom. The molecule has 0 aliphatic carbocycles. The third-order valence-corrected chi connectivity index (χ3v) is 6.14. The van der Waals surface area contributed by atoms with Gasteiger partial charge in [-0.3, -0.25) is 4.79 Å². The summed E-state index contributed by atoms with van der Waals surface area (Å²) in [6.07, 6.45) is 5.01. The molecule has 0 fully saturated rings. The van der Waals surface area contributed by atoms with E-state index in [1.807, 2.05) is 52.6 Å². The van der Waals surface area contributed by atoms with E-state index in [4.69, 9.17) is 9.72 Å². The van der Waals surface area contributed by atoms with Gasteiger partial charge in [0.25, 0.3) is 0 Å². The molecule has 4 rings (SSSR count). The van der Waals surface area contributed by atoms with Gasteiger partial charge in [-0.2, -0.15) is 0 Å². The predicted octanol–water partition coefficient (Wildman–Crippen LogP) is 4.51. The normalized spacial score (nSPS) is 11.0. The number of hydrogen-bond donors (Lipinski definition) is 2. The summed E-state index contributed by atoms with van der Waals surface area (Å²) < 4.78 is 7.78. The van der Waals surface area contributed by atoms with Crippen LogP contribution in [0.15, 0.2) is 67.5 Å². The number of aromatic nitrogens is 3. The summed E-state index contributed by atoms with van der Waals surface area (Å²) in [6, 6.07) is 13.9. The van der Waals surface area contributed by atoms with Gasteiger partial charge in [-0.25, -0.2) is 9.97 Å². The van der Waals surface area contributed by atoms with Crippen molar-refractivity contribution < 1.29 is 9.53 Å². The quantitative estimate of drug-likeness (QED) is 0.311. The highest BCUT2D eigenvalue weighted by Gasteiger charge is 2.17. The highest BCUT2D eigenvalue weighted by molar-refractivity contribution is 6.02.